The van der Waals surface area contributed by atoms with Crippen LogP contribution in [0.1, 0.15) is 94.1 Å². The summed E-state index contributed by atoms with van der Waals surface area (Å²) < 4.78 is 6.08. The fourth-order valence-corrected chi connectivity index (χ4v) is 5.11. The summed E-state index contributed by atoms with van der Waals surface area (Å²) in [5.74, 6) is 0.118. The van der Waals surface area contributed by atoms with Crippen LogP contribution in [0.2, 0.25) is 0 Å². The first-order valence-electron chi connectivity index (χ1n) is 11.2. The molecule has 170 valence electrons. The summed E-state index contributed by atoms with van der Waals surface area (Å²) >= 11 is 3.23. The minimum Gasteiger partial charge on any atom is -0.463 e. The van der Waals surface area contributed by atoms with Crippen molar-refractivity contribution in [2.45, 2.75) is 88.7 Å². The van der Waals surface area contributed by atoms with Crippen molar-refractivity contribution < 1.29 is 19.1 Å². The Bertz CT molecular complexity index is 630. The molecule has 0 fully saturated rings. The summed E-state index contributed by atoms with van der Waals surface area (Å²) in [5.41, 5.74) is 0. The van der Waals surface area contributed by atoms with Crippen LogP contribution in [0, 0.1) is 0 Å². The van der Waals surface area contributed by atoms with Gasteiger partial charge in [-0.2, -0.15) is 0 Å². The van der Waals surface area contributed by atoms with Crippen molar-refractivity contribution in [1.29, 1.82) is 0 Å². The highest BCUT2D eigenvalue weighted by atomic mass is 32.2. The smallest absolute Gasteiger partial charge is 0.313 e. The molecule has 1 N–H and O–H groups in total. The van der Waals surface area contributed by atoms with Crippen molar-refractivity contribution in [3.63, 3.8) is 0 Å². The monoisotopic (exact) mass is 455 g/mol. The third kappa shape index (κ3) is 13.8. The molecule has 0 bridgehead atoms. The van der Waals surface area contributed by atoms with E-state index in [0.29, 0.717) is 4.88 Å². The van der Waals surface area contributed by atoms with E-state index < -0.39 is 5.97 Å². The molecule has 1 amide bonds. The number of thioether (sulfide) groups is 1. The second-order valence-electron chi connectivity index (χ2n) is 7.45. The van der Waals surface area contributed by atoms with Gasteiger partial charge in [0.2, 0.25) is 5.91 Å². The minimum atomic E-state index is -0.557. The Labute approximate surface area is 189 Å². The molecule has 7 heteroatoms. The van der Waals surface area contributed by atoms with Gasteiger partial charge in [-0.25, -0.2) is 0 Å². The van der Waals surface area contributed by atoms with Gasteiger partial charge in [0, 0.05) is 6.92 Å². The van der Waals surface area contributed by atoms with Gasteiger partial charge in [0.05, 0.1) is 15.6 Å². The molecule has 0 saturated heterocycles. The van der Waals surface area contributed by atoms with Crippen LogP contribution in [0.25, 0.3) is 0 Å². The number of esters is 1. The molecule has 5 nitrogen and oxygen atoms in total. The molecule has 0 atom stereocenters. The number of hydrogen-bond acceptors (Lipinski definition) is 6. The first kappa shape index (κ1) is 26.7. The summed E-state index contributed by atoms with van der Waals surface area (Å²) in [5, 5.41) is 2.53. The van der Waals surface area contributed by atoms with E-state index in [9.17, 15) is 14.4 Å². The highest BCUT2D eigenvalue weighted by Crippen LogP contribution is 2.29. The van der Waals surface area contributed by atoms with E-state index in [2.05, 4.69) is 12.2 Å². The van der Waals surface area contributed by atoms with E-state index in [0.717, 1.165) is 9.96 Å². The number of carbonyl (C=O) groups is 3. The number of carbonyl (C=O) groups excluding carboxylic acids is 3. The van der Waals surface area contributed by atoms with Crippen LogP contribution in [-0.2, 0) is 14.3 Å². The zero-order chi connectivity index (χ0) is 22.0. The number of hydrogen-bond donors (Lipinski definition) is 1. The first-order chi connectivity index (χ1) is 14.5. The maximum absolute atomic E-state index is 12.2. The maximum Gasteiger partial charge on any atom is 0.313 e. The number of Topliss-reactive ketones (excluding diaryl/α,β-unsaturated/α-hetero) is 1. The summed E-state index contributed by atoms with van der Waals surface area (Å²) in [6.45, 7) is 3.99. The average Bonchev–Trinajstić information content (AvgIpc) is 3.18. The highest BCUT2D eigenvalue weighted by molar-refractivity contribution is 8.01. The third-order valence-electron chi connectivity index (χ3n) is 4.64. The average molecular weight is 456 g/mol. The number of ether oxygens (including phenoxy) is 1. The molecule has 0 aliphatic heterocycles. The third-order valence-corrected chi connectivity index (χ3v) is 7.08. The van der Waals surface area contributed by atoms with E-state index in [4.69, 9.17) is 4.74 Å². The van der Waals surface area contributed by atoms with Gasteiger partial charge in [-0.3, -0.25) is 14.4 Å². The minimum absolute atomic E-state index is 0.0795. The Morgan fingerprint density at radius 2 is 1.60 bits per heavy atom. The molecule has 1 aromatic heterocycles. The zero-order valence-corrected chi connectivity index (χ0v) is 20.1. The lowest BCUT2D eigenvalue weighted by molar-refractivity contribution is -0.142. The van der Waals surface area contributed by atoms with Crippen LogP contribution >= 0.6 is 23.1 Å². The van der Waals surface area contributed by atoms with Crippen LogP contribution in [0.5, 0.6) is 0 Å². The van der Waals surface area contributed by atoms with Crippen LogP contribution in [-0.4, -0.2) is 36.6 Å². The summed E-state index contributed by atoms with van der Waals surface area (Å²) in [4.78, 5) is 35.2. The van der Waals surface area contributed by atoms with Crippen molar-refractivity contribution in [3.05, 3.63) is 17.0 Å². The van der Waals surface area contributed by atoms with Crippen LogP contribution < -0.4 is 5.32 Å². The summed E-state index contributed by atoms with van der Waals surface area (Å²) in [6.07, 6.45) is 13.1. The lowest BCUT2D eigenvalue weighted by Crippen LogP contribution is -2.25. The predicted molar refractivity (Wildman–Crippen MR) is 125 cm³/mol. The molecule has 0 aliphatic rings. The van der Waals surface area contributed by atoms with Crippen molar-refractivity contribution in [3.8, 4) is 0 Å². The predicted octanol–water partition coefficient (Wildman–Crippen LogP) is 6.01. The Morgan fingerprint density at radius 3 is 2.23 bits per heavy atom. The molecular weight excluding hydrogens is 418 g/mol. The van der Waals surface area contributed by atoms with Gasteiger partial charge in [-0.1, -0.05) is 64.7 Å². The molecule has 1 rings (SSSR count). The number of unbranched alkanes of at least 4 members (excludes halogenated alkanes) is 9. The fraction of sp³-hybridized carbons (Fsp3) is 0.696. The molecule has 0 saturated carbocycles. The normalized spacial score (nSPS) is 10.7. The van der Waals surface area contributed by atoms with E-state index >= 15 is 0 Å². The quantitative estimate of drug-likeness (QED) is 0.0964. The van der Waals surface area contributed by atoms with Gasteiger partial charge in [0.1, 0.15) is 13.0 Å². The van der Waals surface area contributed by atoms with Crippen molar-refractivity contribution in [1.82, 2.24) is 5.32 Å². The van der Waals surface area contributed by atoms with Gasteiger partial charge in [0.15, 0.2) is 5.78 Å². The number of amides is 1. The lowest BCUT2D eigenvalue weighted by atomic mass is 10.1. The fourth-order valence-electron chi connectivity index (χ4n) is 2.97. The molecular formula is C23H37NO4S2. The standard InChI is InChI=1S/C23H37NO4S2/c1-3-4-5-6-7-8-9-10-11-12-17-29-23-14-13-21(30-23)20(26)18-22(27)28-16-15-24-19(2)25/h13-14H,3-12,15-18H2,1-2H3,(H,24,25). The zero-order valence-electron chi connectivity index (χ0n) is 18.5. The number of nitrogens with one attached hydrogen (secondary N) is 1. The van der Waals surface area contributed by atoms with E-state index in [1.807, 2.05) is 6.07 Å². The Morgan fingerprint density at radius 1 is 0.967 bits per heavy atom. The molecule has 30 heavy (non-hydrogen) atoms. The summed E-state index contributed by atoms with van der Waals surface area (Å²) in [6, 6.07) is 3.75. The molecule has 0 spiro atoms. The van der Waals surface area contributed by atoms with Gasteiger partial charge >= 0.3 is 5.97 Å². The Kier molecular flexibility index (Phi) is 15.4. The Hall–Kier alpha value is -1.34. The van der Waals surface area contributed by atoms with Crippen molar-refractivity contribution in [2.24, 2.45) is 0 Å². The van der Waals surface area contributed by atoms with Crippen LogP contribution in [0.15, 0.2) is 16.3 Å². The molecule has 0 radical (unpaired) electrons. The Balaban J connectivity index is 2.08. The van der Waals surface area contributed by atoms with E-state index in [1.54, 1.807) is 17.8 Å². The SMILES string of the molecule is CCCCCCCCCCCCSc1ccc(C(=O)CC(=O)OCCNC(C)=O)s1. The van der Waals surface area contributed by atoms with Gasteiger partial charge in [0.25, 0.3) is 0 Å². The van der Waals surface area contributed by atoms with Crippen LogP contribution in [0.4, 0.5) is 0 Å². The van der Waals surface area contributed by atoms with Gasteiger partial charge in [-0.15, -0.1) is 23.1 Å². The molecule has 0 aromatic carbocycles. The molecule has 0 aliphatic carbocycles. The van der Waals surface area contributed by atoms with E-state index in [1.165, 1.54) is 82.5 Å². The maximum atomic E-state index is 12.2. The van der Waals surface area contributed by atoms with Crippen molar-refractivity contribution in [2.75, 3.05) is 18.9 Å². The number of ketones is 1. The lowest BCUT2D eigenvalue weighted by Gasteiger charge is -2.04. The molecule has 1 aromatic rings. The second-order valence-corrected chi connectivity index (χ2v) is 9.93. The largest absolute Gasteiger partial charge is 0.463 e. The first-order valence-corrected chi connectivity index (χ1v) is 13.0. The van der Waals surface area contributed by atoms with Crippen LogP contribution in [0.3, 0.4) is 0 Å². The van der Waals surface area contributed by atoms with E-state index in [-0.39, 0.29) is 31.3 Å². The highest BCUT2D eigenvalue weighted by Gasteiger charge is 2.15. The second kappa shape index (κ2) is 17.4. The summed E-state index contributed by atoms with van der Waals surface area (Å²) in [7, 11) is 0. The number of rotatable bonds is 18. The molecule has 1 heterocycles. The molecule has 0 unspecified atom stereocenters. The number of thiophene rings is 1. The van der Waals surface area contributed by atoms with Crippen molar-refractivity contribution >= 4 is 40.8 Å². The topological polar surface area (TPSA) is 72.5 Å². The van der Waals surface area contributed by atoms with Gasteiger partial charge in [-0.05, 0) is 24.3 Å². The van der Waals surface area contributed by atoms with Gasteiger partial charge < -0.3 is 10.1 Å².